The summed E-state index contributed by atoms with van der Waals surface area (Å²) in [6.45, 7) is 3.67. The van der Waals surface area contributed by atoms with E-state index in [0.717, 1.165) is 5.69 Å². The minimum atomic E-state index is -0.465. The molecule has 7 nitrogen and oxygen atoms in total. The molecule has 0 N–H and O–H groups in total. The topological polar surface area (TPSA) is 75.9 Å². The number of carbonyl (C=O) groups excluding carboxylic acids is 1. The van der Waals surface area contributed by atoms with Gasteiger partial charge in [-0.05, 0) is 31.2 Å². The molecule has 1 aliphatic rings. The Morgan fingerprint density at radius 2 is 1.78 bits per heavy atom. The first-order valence-electron chi connectivity index (χ1n) is 8.53. The third-order valence-electron chi connectivity index (χ3n) is 4.70. The summed E-state index contributed by atoms with van der Waals surface area (Å²) in [4.78, 5) is 26.4. The zero-order valence-electron chi connectivity index (χ0n) is 15.1. The van der Waals surface area contributed by atoms with Gasteiger partial charge in [0, 0.05) is 49.6 Å². The molecule has 142 valence electrons. The molecule has 2 aromatic carbocycles. The Morgan fingerprint density at radius 1 is 1.11 bits per heavy atom. The summed E-state index contributed by atoms with van der Waals surface area (Å²) in [6.07, 6.45) is 0. The number of rotatable bonds is 5. The number of ketones is 1. The predicted octanol–water partition coefficient (Wildman–Crippen LogP) is 3.27. The Labute approximate surface area is 156 Å². The van der Waals surface area contributed by atoms with Crippen LogP contribution >= 0.6 is 0 Å². The molecule has 8 heteroatoms. The fraction of sp³-hybridized carbons (Fsp3) is 0.316. The average Bonchev–Trinajstić information content (AvgIpc) is 2.67. The molecule has 0 saturated carbocycles. The van der Waals surface area contributed by atoms with E-state index in [2.05, 4.69) is 0 Å². The summed E-state index contributed by atoms with van der Waals surface area (Å²) < 4.78 is 18.9. The highest BCUT2D eigenvalue weighted by Gasteiger charge is 2.25. The Kier molecular flexibility index (Phi) is 5.25. The van der Waals surface area contributed by atoms with E-state index in [0.29, 0.717) is 37.4 Å². The summed E-state index contributed by atoms with van der Waals surface area (Å²) in [5, 5.41) is 11.4. The van der Waals surface area contributed by atoms with Crippen molar-refractivity contribution in [2.45, 2.75) is 6.92 Å². The van der Waals surface area contributed by atoms with E-state index in [1.807, 2.05) is 9.80 Å². The van der Waals surface area contributed by atoms with E-state index in [4.69, 9.17) is 4.74 Å². The fourth-order valence-corrected chi connectivity index (χ4v) is 3.21. The number of nitro benzene ring substituents is 1. The number of ether oxygens (including phenoxy) is 1. The van der Waals surface area contributed by atoms with Gasteiger partial charge in [-0.25, -0.2) is 4.39 Å². The van der Waals surface area contributed by atoms with Crippen molar-refractivity contribution in [1.82, 2.24) is 0 Å². The largest absolute Gasteiger partial charge is 0.494 e. The van der Waals surface area contributed by atoms with Gasteiger partial charge in [-0.2, -0.15) is 0 Å². The number of carbonyl (C=O) groups is 1. The zero-order chi connectivity index (χ0) is 19.6. The van der Waals surface area contributed by atoms with E-state index in [-0.39, 0.29) is 17.2 Å². The zero-order valence-corrected chi connectivity index (χ0v) is 15.1. The molecule has 0 amide bonds. The first-order chi connectivity index (χ1) is 12.9. The summed E-state index contributed by atoms with van der Waals surface area (Å²) in [7, 11) is 1.42. The van der Waals surface area contributed by atoms with Crippen LogP contribution in [0.4, 0.5) is 21.5 Å². The number of anilines is 2. The standard InChI is InChI=1S/C19H20FN3O4/c1-13(24)14-3-5-17(18(11-14)23(25)26)22-9-7-21(8-10-22)15-4-6-19(27-2)16(20)12-15/h3-6,11-12H,7-10H2,1-2H3. The van der Waals surface area contributed by atoms with Crippen LogP contribution in [-0.4, -0.2) is 44.0 Å². The fourth-order valence-electron chi connectivity index (χ4n) is 3.21. The second-order valence-corrected chi connectivity index (χ2v) is 6.31. The van der Waals surface area contributed by atoms with Crippen LogP contribution in [0.25, 0.3) is 0 Å². The third kappa shape index (κ3) is 3.84. The highest BCUT2D eigenvalue weighted by Crippen LogP contribution is 2.31. The van der Waals surface area contributed by atoms with E-state index in [9.17, 15) is 19.3 Å². The number of halogens is 1. The van der Waals surface area contributed by atoms with Gasteiger partial charge < -0.3 is 14.5 Å². The first kappa shape index (κ1) is 18.6. The molecule has 0 unspecified atom stereocenters. The Bertz CT molecular complexity index is 879. The molecule has 1 aliphatic heterocycles. The number of benzene rings is 2. The van der Waals surface area contributed by atoms with Gasteiger partial charge in [-0.15, -0.1) is 0 Å². The average molecular weight is 373 g/mol. The summed E-state index contributed by atoms with van der Waals surface area (Å²) in [5.74, 6) is -0.442. The number of nitro groups is 1. The van der Waals surface area contributed by atoms with Crippen LogP contribution in [0.3, 0.4) is 0 Å². The monoisotopic (exact) mass is 373 g/mol. The number of Topliss-reactive ketones (excluding diaryl/α,β-unsaturated/α-hetero) is 1. The smallest absolute Gasteiger partial charge is 0.293 e. The van der Waals surface area contributed by atoms with Crippen LogP contribution in [0.1, 0.15) is 17.3 Å². The van der Waals surface area contributed by atoms with Crippen LogP contribution in [0.2, 0.25) is 0 Å². The Balaban J connectivity index is 1.77. The molecule has 0 spiro atoms. The Morgan fingerprint density at radius 3 is 2.33 bits per heavy atom. The van der Waals surface area contributed by atoms with Crippen molar-refractivity contribution in [2.75, 3.05) is 43.1 Å². The maximum absolute atomic E-state index is 13.9. The maximum atomic E-state index is 13.9. The number of hydrogen-bond acceptors (Lipinski definition) is 6. The van der Waals surface area contributed by atoms with E-state index in [1.165, 1.54) is 26.2 Å². The molecule has 27 heavy (non-hydrogen) atoms. The van der Waals surface area contributed by atoms with Crippen molar-refractivity contribution in [3.8, 4) is 5.75 Å². The van der Waals surface area contributed by atoms with Crippen LogP contribution < -0.4 is 14.5 Å². The van der Waals surface area contributed by atoms with Gasteiger partial charge in [0.1, 0.15) is 5.69 Å². The second kappa shape index (κ2) is 7.61. The van der Waals surface area contributed by atoms with Gasteiger partial charge in [0.05, 0.1) is 12.0 Å². The van der Waals surface area contributed by atoms with Crippen molar-refractivity contribution < 1.29 is 18.8 Å². The summed E-state index contributed by atoms with van der Waals surface area (Å²) in [6, 6.07) is 9.36. The molecule has 1 saturated heterocycles. The first-order valence-corrected chi connectivity index (χ1v) is 8.53. The normalized spacial score (nSPS) is 14.2. The molecule has 3 rings (SSSR count). The minimum Gasteiger partial charge on any atom is -0.494 e. The highest BCUT2D eigenvalue weighted by molar-refractivity contribution is 5.95. The van der Waals surface area contributed by atoms with Gasteiger partial charge in [0.25, 0.3) is 5.69 Å². The SMILES string of the molecule is COc1ccc(N2CCN(c3ccc(C(C)=O)cc3[N+](=O)[O-])CC2)cc1F. The molecule has 0 bridgehead atoms. The minimum absolute atomic E-state index is 0.0772. The molecule has 0 aromatic heterocycles. The molecular weight excluding hydrogens is 353 g/mol. The summed E-state index contributed by atoms with van der Waals surface area (Å²) >= 11 is 0. The number of hydrogen-bond donors (Lipinski definition) is 0. The lowest BCUT2D eigenvalue weighted by molar-refractivity contribution is -0.384. The lowest BCUT2D eigenvalue weighted by atomic mass is 10.1. The van der Waals surface area contributed by atoms with Gasteiger partial charge in [0.15, 0.2) is 17.3 Å². The lowest BCUT2D eigenvalue weighted by Gasteiger charge is -2.37. The van der Waals surface area contributed by atoms with Crippen molar-refractivity contribution in [3.05, 3.63) is 57.9 Å². The number of nitrogens with zero attached hydrogens (tertiary/aromatic N) is 3. The Hall–Kier alpha value is -3.16. The van der Waals surface area contributed by atoms with Gasteiger partial charge in [0.2, 0.25) is 0 Å². The second-order valence-electron chi connectivity index (χ2n) is 6.31. The van der Waals surface area contributed by atoms with Crippen molar-refractivity contribution in [3.63, 3.8) is 0 Å². The van der Waals surface area contributed by atoms with Crippen molar-refractivity contribution in [2.24, 2.45) is 0 Å². The molecule has 1 heterocycles. The number of piperazine rings is 1. The predicted molar refractivity (Wildman–Crippen MR) is 100 cm³/mol. The van der Waals surface area contributed by atoms with Crippen LogP contribution in [0.5, 0.6) is 5.75 Å². The molecule has 0 aliphatic carbocycles. The van der Waals surface area contributed by atoms with E-state index < -0.39 is 10.7 Å². The lowest BCUT2D eigenvalue weighted by Crippen LogP contribution is -2.46. The van der Waals surface area contributed by atoms with Crippen LogP contribution in [0, 0.1) is 15.9 Å². The molecular formula is C19H20FN3O4. The molecule has 1 fully saturated rings. The molecule has 0 atom stereocenters. The summed E-state index contributed by atoms with van der Waals surface area (Å²) in [5.41, 5.74) is 1.48. The van der Waals surface area contributed by atoms with Crippen molar-refractivity contribution in [1.29, 1.82) is 0 Å². The van der Waals surface area contributed by atoms with Gasteiger partial charge >= 0.3 is 0 Å². The van der Waals surface area contributed by atoms with E-state index in [1.54, 1.807) is 24.3 Å². The third-order valence-corrected chi connectivity index (χ3v) is 4.70. The number of methoxy groups -OCH3 is 1. The van der Waals surface area contributed by atoms with E-state index >= 15 is 0 Å². The highest BCUT2D eigenvalue weighted by atomic mass is 19.1. The van der Waals surface area contributed by atoms with Gasteiger partial charge in [-0.1, -0.05) is 0 Å². The van der Waals surface area contributed by atoms with Crippen LogP contribution in [0.15, 0.2) is 36.4 Å². The van der Waals surface area contributed by atoms with Crippen molar-refractivity contribution >= 4 is 22.8 Å². The van der Waals surface area contributed by atoms with Crippen LogP contribution in [-0.2, 0) is 0 Å². The van der Waals surface area contributed by atoms with Gasteiger partial charge in [-0.3, -0.25) is 14.9 Å². The quantitative estimate of drug-likeness (QED) is 0.455. The molecule has 2 aromatic rings. The molecule has 0 radical (unpaired) electrons. The maximum Gasteiger partial charge on any atom is 0.293 e.